The summed E-state index contributed by atoms with van der Waals surface area (Å²) in [4.78, 5) is 34.8. The number of phosphoric acid groups is 1. The number of unbranched alkanes of at least 4 members (excludes halogenated alkanes) is 20. The normalized spacial score (nSPS) is 14.2. The first-order valence-corrected chi connectivity index (χ1v) is 21.8. The molecule has 0 aromatic heterocycles. The average Bonchev–Trinajstić information content (AvgIpc) is 3.12. The minimum Gasteiger partial charge on any atom is -0.462 e. The molecular weight excluding hydrogens is 671 g/mol. The maximum Gasteiger partial charge on any atom is 0.472 e. The molecule has 11 heteroatoms. The Balaban J connectivity index is 4.38. The second-order valence-electron chi connectivity index (χ2n) is 13.7. The highest BCUT2D eigenvalue weighted by molar-refractivity contribution is 7.47. The van der Waals surface area contributed by atoms with Crippen LogP contribution in [0.25, 0.3) is 0 Å². The maximum atomic E-state index is 12.5. The third-order valence-electron chi connectivity index (χ3n) is 8.59. The highest BCUT2D eigenvalue weighted by Gasteiger charge is 2.27. The fourth-order valence-corrected chi connectivity index (χ4v) is 6.21. The molecule has 0 heterocycles. The predicted octanol–water partition coefficient (Wildman–Crippen LogP) is 10.2. The molecule has 3 atom stereocenters. The minimum atomic E-state index is -4.62. The molecule has 0 aliphatic heterocycles. The fourth-order valence-electron chi connectivity index (χ4n) is 5.42. The molecule has 0 spiro atoms. The Hall–Kier alpha value is -1.55. The number of hydrogen-bond donors (Lipinski definition) is 3. The Bertz CT molecular complexity index is 910. The SMILES string of the molecule is CCCCCC/C=C/CCCCCCCC(=O)O[C@H](COC(=O)CC/C=C/CCCCCCCCCCCCC)COP(=O)(O)OC[C@@H](O)CO. The lowest BCUT2D eigenvalue weighted by Crippen LogP contribution is -2.29. The minimum absolute atomic E-state index is 0.158. The lowest BCUT2D eigenvalue weighted by atomic mass is 10.1. The van der Waals surface area contributed by atoms with Gasteiger partial charge in [0.2, 0.25) is 0 Å². The number of phosphoric ester groups is 1. The van der Waals surface area contributed by atoms with E-state index in [0.717, 1.165) is 51.4 Å². The van der Waals surface area contributed by atoms with Gasteiger partial charge in [-0.05, 0) is 51.4 Å². The molecular formula is C40H75O10P. The monoisotopic (exact) mass is 747 g/mol. The Morgan fingerprint density at radius 2 is 1.00 bits per heavy atom. The van der Waals surface area contributed by atoms with E-state index < -0.39 is 51.8 Å². The van der Waals surface area contributed by atoms with Gasteiger partial charge in [0.05, 0.1) is 19.8 Å². The second kappa shape index (κ2) is 36.8. The summed E-state index contributed by atoms with van der Waals surface area (Å²) < 4.78 is 32.6. The van der Waals surface area contributed by atoms with Crippen LogP contribution in [0, 0.1) is 0 Å². The van der Waals surface area contributed by atoms with E-state index in [2.05, 4.69) is 36.6 Å². The Labute approximate surface area is 310 Å². The number of carbonyl (C=O) groups is 2. The zero-order valence-corrected chi connectivity index (χ0v) is 33.2. The first-order valence-electron chi connectivity index (χ1n) is 20.3. The van der Waals surface area contributed by atoms with Gasteiger partial charge in [0, 0.05) is 12.8 Å². The molecule has 0 fully saturated rings. The first kappa shape index (κ1) is 49.5. The summed E-state index contributed by atoms with van der Waals surface area (Å²) in [6, 6.07) is 0. The molecule has 0 saturated carbocycles. The van der Waals surface area contributed by atoms with E-state index in [9.17, 15) is 24.2 Å². The summed E-state index contributed by atoms with van der Waals surface area (Å²) in [6.07, 6.45) is 34.4. The Morgan fingerprint density at radius 3 is 1.51 bits per heavy atom. The van der Waals surface area contributed by atoms with Gasteiger partial charge in [-0.15, -0.1) is 0 Å². The van der Waals surface area contributed by atoms with Gasteiger partial charge < -0.3 is 24.6 Å². The molecule has 0 aromatic rings. The summed E-state index contributed by atoms with van der Waals surface area (Å²) in [7, 11) is -4.62. The van der Waals surface area contributed by atoms with Gasteiger partial charge in [0.1, 0.15) is 12.7 Å². The van der Waals surface area contributed by atoms with Gasteiger partial charge in [-0.1, -0.05) is 141 Å². The van der Waals surface area contributed by atoms with Crippen LogP contribution in [0.3, 0.4) is 0 Å². The van der Waals surface area contributed by atoms with Crippen molar-refractivity contribution in [2.75, 3.05) is 26.4 Å². The number of hydrogen-bond acceptors (Lipinski definition) is 9. The maximum absolute atomic E-state index is 12.5. The van der Waals surface area contributed by atoms with E-state index in [-0.39, 0.29) is 19.4 Å². The van der Waals surface area contributed by atoms with Crippen molar-refractivity contribution in [2.24, 2.45) is 0 Å². The molecule has 1 unspecified atom stereocenters. The van der Waals surface area contributed by atoms with E-state index in [1.165, 1.54) is 89.9 Å². The highest BCUT2D eigenvalue weighted by Crippen LogP contribution is 2.43. The van der Waals surface area contributed by atoms with Crippen molar-refractivity contribution in [3.8, 4) is 0 Å². The molecule has 0 amide bonds. The van der Waals surface area contributed by atoms with Gasteiger partial charge in [-0.3, -0.25) is 18.6 Å². The molecule has 3 N–H and O–H groups in total. The lowest BCUT2D eigenvalue weighted by molar-refractivity contribution is -0.161. The predicted molar refractivity (Wildman–Crippen MR) is 205 cm³/mol. The smallest absolute Gasteiger partial charge is 0.462 e. The van der Waals surface area contributed by atoms with Crippen molar-refractivity contribution >= 4 is 19.8 Å². The van der Waals surface area contributed by atoms with Crippen LogP contribution in [-0.2, 0) is 32.7 Å². The van der Waals surface area contributed by atoms with Crippen LogP contribution >= 0.6 is 7.82 Å². The van der Waals surface area contributed by atoms with Crippen molar-refractivity contribution < 1.29 is 47.8 Å². The molecule has 0 aliphatic rings. The molecule has 10 nitrogen and oxygen atoms in total. The van der Waals surface area contributed by atoms with Gasteiger partial charge in [-0.25, -0.2) is 4.57 Å². The van der Waals surface area contributed by atoms with E-state index in [4.69, 9.17) is 19.1 Å². The largest absolute Gasteiger partial charge is 0.472 e. The van der Waals surface area contributed by atoms with E-state index in [1.807, 2.05) is 6.08 Å². The summed E-state index contributed by atoms with van der Waals surface area (Å²) >= 11 is 0. The van der Waals surface area contributed by atoms with Crippen molar-refractivity contribution in [1.29, 1.82) is 0 Å². The van der Waals surface area contributed by atoms with Crippen LogP contribution in [0.15, 0.2) is 24.3 Å². The third kappa shape index (κ3) is 36.6. The van der Waals surface area contributed by atoms with Crippen LogP contribution in [0.4, 0.5) is 0 Å². The number of carbonyl (C=O) groups excluding carboxylic acids is 2. The number of esters is 2. The number of aliphatic hydroxyl groups is 2. The van der Waals surface area contributed by atoms with E-state index >= 15 is 0 Å². The first-order chi connectivity index (χ1) is 24.7. The number of allylic oxidation sites excluding steroid dienone is 4. The van der Waals surface area contributed by atoms with Crippen LogP contribution < -0.4 is 0 Å². The molecule has 0 saturated heterocycles. The average molecular weight is 747 g/mol. The summed E-state index contributed by atoms with van der Waals surface area (Å²) in [6.45, 7) is 2.31. The quantitative estimate of drug-likeness (QED) is 0.0241. The van der Waals surface area contributed by atoms with Crippen LogP contribution in [-0.4, -0.2) is 65.7 Å². The van der Waals surface area contributed by atoms with Gasteiger partial charge in [0.25, 0.3) is 0 Å². The molecule has 300 valence electrons. The third-order valence-corrected chi connectivity index (χ3v) is 9.54. The summed E-state index contributed by atoms with van der Waals surface area (Å²) in [5, 5.41) is 18.3. The second-order valence-corrected chi connectivity index (χ2v) is 15.1. The molecule has 51 heavy (non-hydrogen) atoms. The molecule has 0 radical (unpaired) electrons. The topological polar surface area (TPSA) is 149 Å². The van der Waals surface area contributed by atoms with Crippen LogP contribution in [0.2, 0.25) is 0 Å². The van der Waals surface area contributed by atoms with Crippen molar-refractivity contribution in [2.45, 2.75) is 193 Å². The van der Waals surface area contributed by atoms with Gasteiger partial charge in [0.15, 0.2) is 6.10 Å². The zero-order valence-electron chi connectivity index (χ0n) is 32.3. The van der Waals surface area contributed by atoms with Crippen LogP contribution in [0.5, 0.6) is 0 Å². The van der Waals surface area contributed by atoms with Gasteiger partial charge in [-0.2, -0.15) is 0 Å². The summed E-state index contributed by atoms with van der Waals surface area (Å²) in [5.41, 5.74) is 0. The zero-order chi connectivity index (χ0) is 37.7. The highest BCUT2D eigenvalue weighted by atomic mass is 31.2. The molecule has 0 rings (SSSR count). The van der Waals surface area contributed by atoms with E-state index in [0.29, 0.717) is 12.8 Å². The van der Waals surface area contributed by atoms with Crippen molar-refractivity contribution in [1.82, 2.24) is 0 Å². The standard InChI is InChI=1S/C40H75O10P/c1-3-5-7-9-11-13-15-17-18-20-21-23-25-27-29-31-39(43)47-35-38(36-49-51(45,46)48-34-37(42)33-41)50-40(44)32-30-28-26-24-22-19-16-14-12-10-8-6-4-2/h14,16,25,27,37-38,41-42H,3-13,15,17-24,26,28-36H2,1-2H3,(H,45,46)/b16-14+,27-25+/t37-,38+/m0/s1. The Kier molecular flexibility index (Phi) is 35.7. The van der Waals surface area contributed by atoms with Gasteiger partial charge >= 0.3 is 19.8 Å². The van der Waals surface area contributed by atoms with Crippen molar-refractivity contribution in [3.05, 3.63) is 24.3 Å². The number of ether oxygens (including phenoxy) is 2. The van der Waals surface area contributed by atoms with E-state index in [1.54, 1.807) is 0 Å². The number of aliphatic hydroxyl groups excluding tert-OH is 2. The van der Waals surface area contributed by atoms with Crippen molar-refractivity contribution in [3.63, 3.8) is 0 Å². The molecule has 0 bridgehead atoms. The number of rotatable bonds is 38. The Morgan fingerprint density at radius 1 is 0.569 bits per heavy atom. The lowest BCUT2D eigenvalue weighted by Gasteiger charge is -2.20. The molecule has 0 aliphatic carbocycles. The molecule has 0 aromatic carbocycles. The fraction of sp³-hybridized carbons (Fsp3) is 0.850. The van der Waals surface area contributed by atoms with Crippen LogP contribution in [0.1, 0.15) is 181 Å². The summed E-state index contributed by atoms with van der Waals surface area (Å²) in [5.74, 6) is -0.989.